The smallest absolute Gasteiger partial charge is 0.306 e. The van der Waals surface area contributed by atoms with E-state index >= 15 is 9.59 Å². The molecule has 1 spiro atoms. The minimum atomic E-state index is -1.54. The molecule has 53 heavy (non-hydrogen) atoms. The average Bonchev–Trinajstić information content (AvgIpc) is 3.57. The molecule has 0 aliphatic carbocycles. The van der Waals surface area contributed by atoms with Gasteiger partial charge < -0.3 is 34.6 Å². The number of nitrogens with one attached hydrogen (secondary N) is 1. The lowest BCUT2D eigenvalue weighted by molar-refractivity contribution is -0.146. The Balaban J connectivity index is 1.33. The molecule has 7 atom stereocenters. The van der Waals surface area contributed by atoms with E-state index in [4.69, 9.17) is 9.47 Å². The Hall–Kier alpha value is -5.26. The number of benzene rings is 3. The zero-order chi connectivity index (χ0) is 37.1. The molecule has 11 nitrogen and oxygen atoms in total. The van der Waals surface area contributed by atoms with Crippen molar-refractivity contribution in [3.05, 3.63) is 120 Å². The van der Waals surface area contributed by atoms with Gasteiger partial charge in [-0.25, -0.2) is 0 Å². The highest BCUT2D eigenvalue weighted by molar-refractivity contribution is 6.06. The number of anilines is 2. The Bertz CT molecular complexity index is 1860. The van der Waals surface area contributed by atoms with Crippen molar-refractivity contribution in [3.8, 4) is 0 Å². The van der Waals surface area contributed by atoms with Gasteiger partial charge in [0.2, 0.25) is 11.8 Å². The minimum Gasteiger partial charge on any atom is -0.463 e. The van der Waals surface area contributed by atoms with Gasteiger partial charge in [0.15, 0.2) is 0 Å². The molecule has 4 aliphatic rings. The van der Waals surface area contributed by atoms with E-state index in [1.165, 1.54) is 4.90 Å². The standard InChI is InChI=1S/C42H46N4O7/c1-3-44(4-2)30-20-22-31(23-21-30)45-25-13-24-42-37(40(50)46(38(42)41(45)51)33(26-47)29-16-9-6-10-17-29)36-34(53-42)18-11-12-19-35(48)52-27-32(43-39(36)49)28-14-7-5-8-15-28/h5-11,13-18,20-24,32-34,36-38,47H,3-4,12,19,25-27H2,1-2H3,(H,43,49)/b18-11-/t32-,33-,34+,36-,37-,38+,42-/m1/s1. The van der Waals surface area contributed by atoms with E-state index in [-0.39, 0.29) is 25.5 Å². The summed E-state index contributed by atoms with van der Waals surface area (Å²) in [5, 5.41) is 14.0. The van der Waals surface area contributed by atoms with Crippen LogP contribution in [0.4, 0.5) is 11.4 Å². The highest BCUT2D eigenvalue weighted by atomic mass is 16.5. The van der Waals surface area contributed by atoms with Crippen molar-refractivity contribution < 1.29 is 33.8 Å². The summed E-state index contributed by atoms with van der Waals surface area (Å²) in [6.45, 7) is 5.52. The van der Waals surface area contributed by atoms with E-state index in [0.29, 0.717) is 17.7 Å². The molecule has 2 N–H and O–H groups in total. The average molecular weight is 719 g/mol. The number of carbonyl (C=O) groups is 4. The van der Waals surface area contributed by atoms with Crippen LogP contribution in [0.5, 0.6) is 0 Å². The molecule has 7 rings (SSSR count). The van der Waals surface area contributed by atoms with Crippen molar-refractivity contribution >= 4 is 35.1 Å². The molecular weight excluding hydrogens is 672 g/mol. The van der Waals surface area contributed by atoms with Crippen LogP contribution in [0, 0.1) is 11.8 Å². The van der Waals surface area contributed by atoms with Gasteiger partial charge in [-0.05, 0) is 55.7 Å². The van der Waals surface area contributed by atoms with Gasteiger partial charge in [-0.15, -0.1) is 0 Å². The fourth-order valence-electron chi connectivity index (χ4n) is 8.41. The Morgan fingerprint density at radius 3 is 2.28 bits per heavy atom. The number of aliphatic hydroxyl groups is 1. The molecule has 0 saturated carbocycles. The van der Waals surface area contributed by atoms with Gasteiger partial charge in [0.05, 0.1) is 36.6 Å². The summed E-state index contributed by atoms with van der Waals surface area (Å²) in [6.07, 6.45) is 6.71. The first-order valence-corrected chi connectivity index (χ1v) is 18.5. The summed E-state index contributed by atoms with van der Waals surface area (Å²) in [6, 6.07) is 23.3. The SMILES string of the molecule is CCN(CC)c1ccc(N2CC=C[C@@]34O[C@H]5/C=C\CCC(=O)OC[C@H](c6ccccc6)NC(=O)[C@H]5[C@@H]3C(=O)N([C@H](CO)c3ccccc3)[C@H]4C2=O)cc1. The van der Waals surface area contributed by atoms with Crippen molar-refractivity contribution in [3.63, 3.8) is 0 Å². The summed E-state index contributed by atoms with van der Waals surface area (Å²) < 4.78 is 12.5. The first kappa shape index (κ1) is 36.1. The van der Waals surface area contributed by atoms with Gasteiger partial charge in [0, 0.05) is 37.4 Å². The number of carbonyl (C=O) groups excluding carboxylic acids is 4. The molecule has 0 radical (unpaired) electrons. The molecule has 3 amide bonds. The molecule has 2 fully saturated rings. The molecule has 11 heteroatoms. The van der Waals surface area contributed by atoms with Crippen LogP contribution in [0.25, 0.3) is 0 Å². The summed E-state index contributed by atoms with van der Waals surface area (Å²) >= 11 is 0. The lowest BCUT2D eigenvalue weighted by Crippen LogP contribution is -2.56. The number of hydrogen-bond donors (Lipinski definition) is 2. The van der Waals surface area contributed by atoms with Crippen molar-refractivity contribution in [2.24, 2.45) is 11.8 Å². The predicted molar refractivity (Wildman–Crippen MR) is 200 cm³/mol. The molecule has 0 unspecified atom stereocenters. The zero-order valence-corrected chi connectivity index (χ0v) is 30.0. The zero-order valence-electron chi connectivity index (χ0n) is 30.0. The van der Waals surface area contributed by atoms with Gasteiger partial charge in [-0.3, -0.25) is 19.2 Å². The third-order valence-electron chi connectivity index (χ3n) is 11.0. The summed E-state index contributed by atoms with van der Waals surface area (Å²) in [5.74, 6) is -3.84. The molecule has 4 aliphatic heterocycles. The quantitative estimate of drug-likeness (QED) is 0.258. The number of aliphatic hydroxyl groups excluding tert-OH is 1. The van der Waals surface area contributed by atoms with Gasteiger partial charge in [0.1, 0.15) is 18.2 Å². The van der Waals surface area contributed by atoms with Crippen LogP contribution in [0.1, 0.15) is 49.9 Å². The fraction of sp³-hybridized carbons (Fsp3) is 0.381. The van der Waals surface area contributed by atoms with E-state index in [2.05, 4.69) is 24.1 Å². The van der Waals surface area contributed by atoms with Crippen LogP contribution < -0.4 is 15.1 Å². The maximum absolute atomic E-state index is 15.1. The van der Waals surface area contributed by atoms with Crippen LogP contribution in [-0.4, -0.2) is 84.3 Å². The fourth-order valence-corrected chi connectivity index (χ4v) is 8.41. The first-order chi connectivity index (χ1) is 25.8. The van der Waals surface area contributed by atoms with Crippen molar-refractivity contribution in [2.75, 3.05) is 42.6 Å². The second kappa shape index (κ2) is 15.4. The molecule has 3 aromatic rings. The third-order valence-corrected chi connectivity index (χ3v) is 11.0. The highest BCUT2D eigenvalue weighted by Gasteiger charge is 2.72. The van der Waals surface area contributed by atoms with Gasteiger partial charge >= 0.3 is 5.97 Å². The molecular formula is C42H46N4O7. The highest BCUT2D eigenvalue weighted by Crippen LogP contribution is 2.55. The Labute approximate surface area is 309 Å². The number of nitrogens with zero attached hydrogens (tertiary/aromatic N) is 3. The molecule has 2 saturated heterocycles. The van der Waals surface area contributed by atoms with Crippen molar-refractivity contribution in [1.29, 1.82) is 0 Å². The van der Waals surface area contributed by atoms with E-state index in [0.717, 1.165) is 24.3 Å². The van der Waals surface area contributed by atoms with Crippen LogP contribution in [-0.2, 0) is 28.7 Å². The number of amides is 3. The number of likely N-dealkylation sites (tertiary alicyclic amines) is 1. The number of fused-ring (bicyclic) bond motifs is 2. The van der Waals surface area contributed by atoms with Crippen LogP contribution in [0.3, 0.4) is 0 Å². The van der Waals surface area contributed by atoms with Gasteiger partial charge in [-0.1, -0.05) is 85.0 Å². The second-order valence-electron chi connectivity index (χ2n) is 13.9. The topological polar surface area (TPSA) is 129 Å². The molecule has 276 valence electrons. The first-order valence-electron chi connectivity index (χ1n) is 18.5. The number of cyclic esters (lactones) is 1. The molecule has 0 aromatic heterocycles. The maximum atomic E-state index is 15.1. The summed E-state index contributed by atoms with van der Waals surface area (Å²) in [4.78, 5) is 62.8. The summed E-state index contributed by atoms with van der Waals surface area (Å²) in [7, 11) is 0. The minimum absolute atomic E-state index is 0.0872. The number of allylic oxidation sites excluding steroid dienone is 1. The van der Waals surface area contributed by atoms with E-state index in [1.807, 2.05) is 91.0 Å². The second-order valence-corrected chi connectivity index (χ2v) is 13.9. The largest absolute Gasteiger partial charge is 0.463 e. The van der Waals surface area contributed by atoms with E-state index in [9.17, 15) is 14.7 Å². The van der Waals surface area contributed by atoms with Crippen molar-refractivity contribution in [2.45, 2.75) is 56.5 Å². The normalized spacial score (nSPS) is 28.4. The third kappa shape index (κ3) is 6.64. The van der Waals surface area contributed by atoms with Gasteiger partial charge in [-0.2, -0.15) is 0 Å². The number of hydrogen-bond acceptors (Lipinski definition) is 8. The molecule has 0 bridgehead atoms. The number of esters is 1. The van der Waals surface area contributed by atoms with Crippen LogP contribution in [0.15, 0.2) is 109 Å². The van der Waals surface area contributed by atoms with Gasteiger partial charge in [0.25, 0.3) is 5.91 Å². The number of ether oxygens (including phenoxy) is 2. The van der Waals surface area contributed by atoms with E-state index in [1.54, 1.807) is 23.1 Å². The van der Waals surface area contributed by atoms with E-state index < -0.39 is 66.1 Å². The predicted octanol–water partition coefficient (Wildman–Crippen LogP) is 4.50. The molecule has 4 heterocycles. The summed E-state index contributed by atoms with van der Waals surface area (Å²) in [5.41, 5.74) is 1.53. The Kier molecular flexibility index (Phi) is 10.5. The Morgan fingerprint density at radius 1 is 0.906 bits per heavy atom. The number of rotatable bonds is 8. The lowest BCUT2D eigenvalue weighted by atomic mass is 9.77. The van der Waals surface area contributed by atoms with Crippen LogP contribution >= 0.6 is 0 Å². The van der Waals surface area contributed by atoms with Crippen molar-refractivity contribution in [1.82, 2.24) is 10.2 Å². The maximum Gasteiger partial charge on any atom is 0.306 e. The Morgan fingerprint density at radius 2 is 1.60 bits per heavy atom. The lowest BCUT2D eigenvalue weighted by Gasteiger charge is -2.38. The van der Waals surface area contributed by atoms with Crippen LogP contribution in [0.2, 0.25) is 0 Å². The monoisotopic (exact) mass is 718 g/mol. The molecule has 3 aromatic carbocycles.